The standard InChI is InChI=1S/C26H37NO3/c1-4-5-6-7-8-9-10-11-20-26(25(30)27(2)3,21-12-16-23(28)17-13-21)22-14-18-24(29)19-15-22/h12-19,28-29H,4-11,20H2,1-3H3. The van der Waals surface area contributed by atoms with Crippen molar-refractivity contribution in [2.75, 3.05) is 14.1 Å². The van der Waals surface area contributed by atoms with E-state index in [2.05, 4.69) is 6.92 Å². The van der Waals surface area contributed by atoms with Crippen LogP contribution < -0.4 is 0 Å². The number of carbonyl (C=O) groups is 1. The van der Waals surface area contributed by atoms with Crippen molar-refractivity contribution < 1.29 is 15.0 Å². The van der Waals surface area contributed by atoms with E-state index < -0.39 is 5.41 Å². The van der Waals surface area contributed by atoms with Crippen LogP contribution in [0.25, 0.3) is 0 Å². The van der Waals surface area contributed by atoms with Crippen molar-refractivity contribution in [1.29, 1.82) is 0 Å². The van der Waals surface area contributed by atoms with Crippen LogP contribution >= 0.6 is 0 Å². The Morgan fingerprint density at radius 1 is 0.733 bits per heavy atom. The lowest BCUT2D eigenvalue weighted by atomic mass is 9.70. The number of phenols is 2. The number of carbonyl (C=O) groups excluding carboxylic acids is 1. The number of nitrogens with zero attached hydrogens (tertiary/aromatic N) is 1. The van der Waals surface area contributed by atoms with E-state index in [4.69, 9.17) is 0 Å². The van der Waals surface area contributed by atoms with Crippen molar-refractivity contribution in [1.82, 2.24) is 4.90 Å². The summed E-state index contributed by atoms with van der Waals surface area (Å²) in [4.78, 5) is 15.2. The van der Waals surface area contributed by atoms with E-state index in [1.165, 1.54) is 38.5 Å². The number of amides is 1. The van der Waals surface area contributed by atoms with Gasteiger partial charge in [0.05, 0.1) is 5.41 Å². The average Bonchev–Trinajstić information content (AvgIpc) is 2.74. The maximum atomic E-state index is 13.6. The second-order valence-electron chi connectivity index (χ2n) is 8.42. The van der Waals surface area contributed by atoms with Crippen LogP contribution in [0.3, 0.4) is 0 Å². The predicted molar refractivity (Wildman–Crippen MR) is 123 cm³/mol. The summed E-state index contributed by atoms with van der Waals surface area (Å²) in [7, 11) is 3.57. The second-order valence-corrected chi connectivity index (χ2v) is 8.42. The number of aromatic hydroxyl groups is 2. The minimum atomic E-state index is -0.840. The van der Waals surface area contributed by atoms with Gasteiger partial charge in [-0.1, -0.05) is 82.6 Å². The molecule has 0 spiro atoms. The topological polar surface area (TPSA) is 60.8 Å². The molecule has 0 heterocycles. The Bertz CT molecular complexity index is 720. The summed E-state index contributed by atoms with van der Waals surface area (Å²) in [6.07, 6.45) is 10.3. The number of benzene rings is 2. The monoisotopic (exact) mass is 411 g/mol. The second kappa shape index (κ2) is 11.6. The molecular weight excluding hydrogens is 374 g/mol. The first-order valence-corrected chi connectivity index (χ1v) is 11.2. The van der Waals surface area contributed by atoms with Gasteiger partial charge < -0.3 is 15.1 Å². The molecule has 1 amide bonds. The van der Waals surface area contributed by atoms with Crippen LogP contribution in [0.1, 0.15) is 75.8 Å². The highest BCUT2D eigenvalue weighted by atomic mass is 16.3. The number of phenolic OH excluding ortho intramolecular Hbond substituents is 2. The zero-order valence-electron chi connectivity index (χ0n) is 18.7. The molecule has 0 bridgehead atoms. The zero-order chi connectivity index (χ0) is 22.0. The summed E-state index contributed by atoms with van der Waals surface area (Å²) in [6, 6.07) is 13.9. The SMILES string of the molecule is CCCCCCCCCCC(C(=O)N(C)C)(c1ccc(O)cc1)c1ccc(O)cc1. The molecule has 0 saturated carbocycles. The van der Waals surface area contributed by atoms with Gasteiger partial charge in [-0.3, -0.25) is 4.79 Å². The van der Waals surface area contributed by atoms with Gasteiger partial charge in [-0.2, -0.15) is 0 Å². The van der Waals surface area contributed by atoms with Crippen molar-refractivity contribution >= 4 is 5.91 Å². The van der Waals surface area contributed by atoms with Crippen molar-refractivity contribution in [3.05, 3.63) is 59.7 Å². The Morgan fingerprint density at radius 2 is 1.13 bits per heavy atom. The fraction of sp³-hybridized carbons (Fsp3) is 0.500. The molecule has 2 N–H and O–H groups in total. The van der Waals surface area contributed by atoms with Crippen LogP contribution in [0, 0.1) is 0 Å². The summed E-state index contributed by atoms with van der Waals surface area (Å²) < 4.78 is 0. The van der Waals surface area contributed by atoms with E-state index in [9.17, 15) is 15.0 Å². The van der Waals surface area contributed by atoms with Gasteiger partial charge in [-0.05, 0) is 41.8 Å². The molecule has 30 heavy (non-hydrogen) atoms. The summed E-state index contributed by atoms with van der Waals surface area (Å²) >= 11 is 0. The lowest BCUT2D eigenvalue weighted by Crippen LogP contribution is -2.44. The first-order chi connectivity index (χ1) is 14.4. The van der Waals surface area contributed by atoms with Crippen LogP contribution in [0.15, 0.2) is 48.5 Å². The van der Waals surface area contributed by atoms with Gasteiger partial charge in [0, 0.05) is 14.1 Å². The minimum absolute atomic E-state index is 0.0156. The van der Waals surface area contributed by atoms with Gasteiger partial charge in [0.1, 0.15) is 11.5 Å². The van der Waals surface area contributed by atoms with E-state index in [1.807, 2.05) is 24.3 Å². The molecular formula is C26H37NO3. The van der Waals surface area contributed by atoms with E-state index in [0.717, 1.165) is 24.0 Å². The third-order valence-corrected chi connectivity index (χ3v) is 5.90. The van der Waals surface area contributed by atoms with E-state index >= 15 is 0 Å². The van der Waals surface area contributed by atoms with E-state index in [1.54, 1.807) is 43.3 Å². The first-order valence-electron chi connectivity index (χ1n) is 11.2. The predicted octanol–water partition coefficient (Wildman–Crippen LogP) is 6.00. The van der Waals surface area contributed by atoms with Gasteiger partial charge in [-0.15, -0.1) is 0 Å². The maximum absolute atomic E-state index is 13.6. The van der Waals surface area contributed by atoms with Gasteiger partial charge in [0.25, 0.3) is 0 Å². The van der Waals surface area contributed by atoms with Crippen molar-refractivity contribution in [3.8, 4) is 11.5 Å². The van der Waals surface area contributed by atoms with Crippen molar-refractivity contribution in [2.45, 2.75) is 70.1 Å². The summed E-state index contributed by atoms with van der Waals surface area (Å²) in [5.41, 5.74) is 0.896. The number of likely N-dealkylation sites (N-methyl/N-ethyl adjacent to an activating group) is 1. The normalized spacial score (nSPS) is 11.4. The van der Waals surface area contributed by atoms with E-state index in [-0.39, 0.29) is 17.4 Å². The molecule has 0 unspecified atom stereocenters. The fourth-order valence-corrected chi connectivity index (χ4v) is 4.21. The molecule has 164 valence electrons. The molecule has 2 rings (SSSR count). The van der Waals surface area contributed by atoms with Gasteiger partial charge >= 0.3 is 0 Å². The van der Waals surface area contributed by atoms with Crippen LogP contribution in [-0.4, -0.2) is 35.1 Å². The highest BCUT2D eigenvalue weighted by Crippen LogP contribution is 2.40. The third kappa shape index (κ3) is 6.01. The van der Waals surface area contributed by atoms with Gasteiger partial charge in [-0.25, -0.2) is 0 Å². The molecule has 0 aliphatic rings. The van der Waals surface area contributed by atoms with Crippen LogP contribution in [0.4, 0.5) is 0 Å². The molecule has 0 fully saturated rings. The Morgan fingerprint density at radius 3 is 1.53 bits per heavy atom. The molecule has 0 aliphatic heterocycles. The third-order valence-electron chi connectivity index (χ3n) is 5.90. The summed E-state index contributed by atoms with van der Waals surface area (Å²) in [6.45, 7) is 2.23. The molecule has 4 nitrogen and oxygen atoms in total. The molecule has 2 aromatic carbocycles. The van der Waals surface area contributed by atoms with Crippen LogP contribution in [0.5, 0.6) is 11.5 Å². The molecule has 0 radical (unpaired) electrons. The average molecular weight is 412 g/mol. The van der Waals surface area contributed by atoms with Gasteiger partial charge in [0.2, 0.25) is 5.91 Å². The largest absolute Gasteiger partial charge is 0.508 e. The smallest absolute Gasteiger partial charge is 0.237 e. The maximum Gasteiger partial charge on any atom is 0.237 e. The minimum Gasteiger partial charge on any atom is -0.508 e. The summed E-state index contributed by atoms with van der Waals surface area (Å²) in [5.74, 6) is 0.382. The van der Waals surface area contributed by atoms with Gasteiger partial charge in [0.15, 0.2) is 0 Å². The zero-order valence-corrected chi connectivity index (χ0v) is 18.7. The Kier molecular flexibility index (Phi) is 9.22. The molecule has 0 saturated heterocycles. The molecule has 0 atom stereocenters. The van der Waals surface area contributed by atoms with Crippen LogP contribution in [0.2, 0.25) is 0 Å². The lowest BCUT2D eigenvalue weighted by Gasteiger charge is -2.36. The number of hydrogen-bond donors (Lipinski definition) is 2. The Balaban J connectivity index is 2.28. The fourth-order valence-electron chi connectivity index (χ4n) is 4.21. The Hall–Kier alpha value is -2.49. The van der Waals surface area contributed by atoms with Crippen molar-refractivity contribution in [2.24, 2.45) is 0 Å². The molecule has 0 aliphatic carbocycles. The molecule has 0 aromatic heterocycles. The number of unbranched alkanes of at least 4 members (excludes halogenated alkanes) is 7. The Labute approximate surface area is 181 Å². The van der Waals surface area contributed by atoms with Crippen LogP contribution in [-0.2, 0) is 10.2 Å². The quantitative estimate of drug-likeness (QED) is 0.421. The lowest BCUT2D eigenvalue weighted by molar-refractivity contribution is -0.133. The highest BCUT2D eigenvalue weighted by Gasteiger charge is 2.42. The molecule has 4 heteroatoms. The summed E-state index contributed by atoms with van der Waals surface area (Å²) in [5, 5.41) is 19.6. The highest BCUT2D eigenvalue weighted by molar-refractivity contribution is 5.92. The number of rotatable bonds is 12. The molecule has 2 aromatic rings. The van der Waals surface area contributed by atoms with Crippen molar-refractivity contribution in [3.63, 3.8) is 0 Å². The first kappa shape index (κ1) is 23.8. The van der Waals surface area contributed by atoms with E-state index in [0.29, 0.717) is 6.42 Å². The number of hydrogen-bond acceptors (Lipinski definition) is 3.